The lowest BCUT2D eigenvalue weighted by molar-refractivity contribution is 0.101. The third kappa shape index (κ3) is 4.86. The minimum Gasteiger partial charge on any atom is -0.359 e. The van der Waals surface area contributed by atoms with Crippen molar-refractivity contribution in [3.63, 3.8) is 0 Å². The summed E-state index contributed by atoms with van der Waals surface area (Å²) in [5.41, 5.74) is 2.86. The first-order chi connectivity index (χ1) is 14.2. The van der Waals surface area contributed by atoms with Crippen LogP contribution in [0.5, 0.6) is 0 Å². The molecule has 0 radical (unpaired) electrons. The zero-order valence-electron chi connectivity index (χ0n) is 15.6. The number of carbonyl (C=O) groups excluding carboxylic acids is 1. The Kier molecular flexibility index (Phi) is 6.27. The molecule has 0 bridgehead atoms. The van der Waals surface area contributed by atoms with E-state index in [1.54, 1.807) is 12.3 Å². The third-order valence-electron chi connectivity index (χ3n) is 4.52. The molecular formula is C22H19BrN4OS. The van der Waals surface area contributed by atoms with E-state index in [4.69, 9.17) is 0 Å². The second-order valence-corrected chi connectivity index (χ2v) is 8.35. The molecule has 0 amide bonds. The van der Waals surface area contributed by atoms with Crippen LogP contribution in [-0.4, -0.2) is 31.3 Å². The molecule has 0 spiro atoms. The van der Waals surface area contributed by atoms with Crippen molar-refractivity contribution in [3.05, 3.63) is 88.7 Å². The highest BCUT2D eigenvalue weighted by molar-refractivity contribution is 9.10. The summed E-state index contributed by atoms with van der Waals surface area (Å²) in [6.07, 6.45) is 2.62. The van der Waals surface area contributed by atoms with Crippen LogP contribution in [-0.2, 0) is 13.0 Å². The summed E-state index contributed by atoms with van der Waals surface area (Å²) in [5.74, 6) is 1.16. The molecule has 7 heteroatoms. The van der Waals surface area contributed by atoms with Crippen LogP contribution < -0.4 is 0 Å². The van der Waals surface area contributed by atoms with E-state index >= 15 is 0 Å². The van der Waals surface area contributed by atoms with Gasteiger partial charge in [-0.1, -0.05) is 70.2 Å². The first-order valence-corrected chi connectivity index (χ1v) is 11.0. The number of aromatic amines is 1. The molecule has 0 atom stereocenters. The number of nitrogens with one attached hydrogen (secondary N) is 1. The van der Waals surface area contributed by atoms with Gasteiger partial charge in [0.2, 0.25) is 0 Å². The van der Waals surface area contributed by atoms with Crippen molar-refractivity contribution in [1.82, 2.24) is 19.7 Å². The van der Waals surface area contributed by atoms with E-state index in [1.807, 2.05) is 48.5 Å². The molecule has 1 N–H and O–H groups in total. The molecule has 29 heavy (non-hydrogen) atoms. The molecular weight excluding hydrogens is 448 g/mol. The first-order valence-electron chi connectivity index (χ1n) is 9.23. The quantitative estimate of drug-likeness (QED) is 0.284. The number of benzene rings is 2. The Labute approximate surface area is 181 Å². The maximum atomic E-state index is 12.4. The summed E-state index contributed by atoms with van der Waals surface area (Å²) >= 11 is 4.89. The molecule has 5 nitrogen and oxygen atoms in total. The fourth-order valence-corrected chi connectivity index (χ4v) is 4.12. The molecule has 0 fully saturated rings. The molecule has 146 valence electrons. The van der Waals surface area contributed by atoms with Crippen molar-refractivity contribution in [1.29, 1.82) is 0 Å². The lowest BCUT2D eigenvalue weighted by Crippen LogP contribution is -2.08. The van der Waals surface area contributed by atoms with E-state index in [-0.39, 0.29) is 5.78 Å². The van der Waals surface area contributed by atoms with Crippen molar-refractivity contribution in [3.8, 4) is 11.4 Å². The lowest BCUT2D eigenvalue weighted by atomic mass is 10.1. The van der Waals surface area contributed by atoms with Crippen LogP contribution >= 0.6 is 27.7 Å². The topological polar surface area (TPSA) is 63.6 Å². The third-order valence-corrected chi connectivity index (χ3v) is 6.01. The number of aromatic nitrogens is 4. The average molecular weight is 467 g/mol. The highest BCUT2D eigenvalue weighted by atomic mass is 79.9. The van der Waals surface area contributed by atoms with Gasteiger partial charge in [0.05, 0.1) is 11.4 Å². The molecule has 2 aromatic carbocycles. The van der Waals surface area contributed by atoms with E-state index in [2.05, 4.69) is 47.8 Å². The number of thioether (sulfide) groups is 1. The summed E-state index contributed by atoms with van der Waals surface area (Å²) < 4.78 is 3.12. The molecule has 0 saturated carbocycles. The van der Waals surface area contributed by atoms with Gasteiger partial charge in [0.1, 0.15) is 0 Å². The minimum absolute atomic E-state index is 0.0443. The Balaban J connectivity index is 1.57. The number of Topliss-reactive ketones (excluding diaryl/α,β-unsaturated/α-hetero) is 1. The summed E-state index contributed by atoms with van der Waals surface area (Å²) in [4.78, 5) is 15.3. The number of H-pyrrole nitrogens is 1. The number of aryl methyl sites for hydroxylation is 1. The zero-order valence-corrected chi connectivity index (χ0v) is 18.0. The Bertz CT molecular complexity index is 1080. The van der Waals surface area contributed by atoms with Gasteiger partial charge in [-0.05, 0) is 36.2 Å². The van der Waals surface area contributed by atoms with Gasteiger partial charge < -0.3 is 9.55 Å². The predicted octanol–water partition coefficient (Wildman–Crippen LogP) is 5.25. The van der Waals surface area contributed by atoms with E-state index in [0.29, 0.717) is 11.4 Å². The largest absolute Gasteiger partial charge is 0.359 e. The van der Waals surface area contributed by atoms with Crippen LogP contribution in [0.4, 0.5) is 0 Å². The van der Waals surface area contributed by atoms with Gasteiger partial charge in [-0.15, -0.1) is 10.2 Å². The number of ketones is 1. The van der Waals surface area contributed by atoms with E-state index in [1.165, 1.54) is 17.3 Å². The van der Waals surface area contributed by atoms with Gasteiger partial charge in [-0.3, -0.25) is 4.79 Å². The second kappa shape index (κ2) is 9.24. The van der Waals surface area contributed by atoms with Crippen molar-refractivity contribution in [2.45, 2.75) is 18.1 Å². The van der Waals surface area contributed by atoms with Crippen molar-refractivity contribution < 1.29 is 4.79 Å². The van der Waals surface area contributed by atoms with Crippen molar-refractivity contribution in [2.24, 2.45) is 0 Å². The molecule has 2 heterocycles. The zero-order chi connectivity index (χ0) is 20.1. The number of hydrogen-bond donors (Lipinski definition) is 1. The Morgan fingerprint density at radius 2 is 1.79 bits per heavy atom. The smallest absolute Gasteiger partial charge is 0.191 e. The highest BCUT2D eigenvalue weighted by Crippen LogP contribution is 2.26. The van der Waals surface area contributed by atoms with Gasteiger partial charge in [-0.25, -0.2) is 0 Å². The number of rotatable bonds is 8. The normalized spacial score (nSPS) is 10.9. The summed E-state index contributed by atoms with van der Waals surface area (Å²) in [7, 11) is 0. The van der Waals surface area contributed by atoms with Crippen LogP contribution in [0.25, 0.3) is 11.4 Å². The van der Waals surface area contributed by atoms with E-state index in [9.17, 15) is 4.79 Å². The van der Waals surface area contributed by atoms with E-state index in [0.717, 1.165) is 34.0 Å². The average Bonchev–Trinajstić information content (AvgIpc) is 3.42. The van der Waals surface area contributed by atoms with Crippen LogP contribution in [0.2, 0.25) is 0 Å². The molecule has 0 aliphatic carbocycles. The van der Waals surface area contributed by atoms with Crippen LogP contribution in [0.3, 0.4) is 0 Å². The maximum Gasteiger partial charge on any atom is 0.191 e. The SMILES string of the molecule is O=C(CSc1nnc(-c2ccc(Br)cc2)n1CCc1ccccc1)c1ccc[nH]1. The Morgan fingerprint density at radius 3 is 2.52 bits per heavy atom. The first kappa shape index (κ1) is 19.7. The number of hydrogen-bond acceptors (Lipinski definition) is 4. The molecule has 0 aliphatic heterocycles. The Morgan fingerprint density at radius 1 is 1.00 bits per heavy atom. The summed E-state index contributed by atoms with van der Waals surface area (Å²) in [5, 5.41) is 9.56. The number of carbonyl (C=O) groups is 1. The second-order valence-electron chi connectivity index (χ2n) is 6.50. The molecule has 0 aliphatic rings. The van der Waals surface area contributed by atoms with Gasteiger partial charge in [0.15, 0.2) is 16.8 Å². The van der Waals surface area contributed by atoms with Gasteiger partial charge in [-0.2, -0.15) is 0 Å². The van der Waals surface area contributed by atoms with Gasteiger partial charge >= 0.3 is 0 Å². The fraction of sp³-hybridized carbons (Fsp3) is 0.136. The molecule has 4 rings (SSSR count). The van der Waals surface area contributed by atoms with Crippen molar-refractivity contribution in [2.75, 3.05) is 5.75 Å². The summed E-state index contributed by atoms with van der Waals surface area (Å²) in [6.45, 7) is 0.738. The highest BCUT2D eigenvalue weighted by Gasteiger charge is 2.16. The molecule has 0 unspecified atom stereocenters. The fourth-order valence-electron chi connectivity index (χ4n) is 3.01. The van der Waals surface area contributed by atoms with E-state index < -0.39 is 0 Å². The molecule has 2 aromatic heterocycles. The number of halogens is 1. The number of nitrogens with zero attached hydrogens (tertiary/aromatic N) is 3. The molecule has 0 saturated heterocycles. The minimum atomic E-state index is 0.0443. The Hall–Kier alpha value is -2.64. The van der Waals surface area contributed by atoms with Crippen LogP contribution in [0.1, 0.15) is 16.1 Å². The molecule has 4 aromatic rings. The van der Waals surface area contributed by atoms with Crippen LogP contribution in [0.15, 0.2) is 82.6 Å². The standard InChI is InChI=1S/C22H19BrN4OS/c23-18-10-8-17(9-11-18)21-25-26-22(29-15-20(28)19-7-4-13-24-19)27(21)14-12-16-5-2-1-3-6-16/h1-11,13,24H,12,14-15H2. The van der Waals surface area contributed by atoms with Crippen LogP contribution in [0, 0.1) is 0 Å². The maximum absolute atomic E-state index is 12.4. The monoisotopic (exact) mass is 466 g/mol. The van der Waals surface area contributed by atoms with Crippen molar-refractivity contribution >= 4 is 33.5 Å². The van der Waals surface area contributed by atoms with Gasteiger partial charge in [0, 0.05) is 22.8 Å². The summed E-state index contributed by atoms with van der Waals surface area (Å²) in [6, 6.07) is 22.0. The lowest BCUT2D eigenvalue weighted by Gasteiger charge is -2.10. The predicted molar refractivity (Wildman–Crippen MR) is 119 cm³/mol. The van der Waals surface area contributed by atoms with Gasteiger partial charge in [0.25, 0.3) is 0 Å².